The van der Waals surface area contributed by atoms with Crippen molar-refractivity contribution in [1.29, 1.82) is 0 Å². The molecule has 0 spiro atoms. The second-order valence-electron chi connectivity index (χ2n) is 7.74. The first kappa shape index (κ1) is 23.2. The predicted octanol–water partition coefficient (Wildman–Crippen LogP) is 3.57. The van der Waals surface area contributed by atoms with Crippen LogP contribution < -0.4 is 20.1 Å². The van der Waals surface area contributed by atoms with Crippen molar-refractivity contribution in [1.82, 2.24) is 10.6 Å². The molecule has 6 nitrogen and oxygen atoms in total. The van der Waals surface area contributed by atoms with Crippen molar-refractivity contribution >= 4 is 21.8 Å². The lowest BCUT2D eigenvalue weighted by molar-refractivity contribution is -0.124. The second-order valence-corrected chi connectivity index (χ2v) is 8.59. The largest absolute Gasteiger partial charge is 0.493 e. The molecule has 3 N–H and O–H groups in total. The van der Waals surface area contributed by atoms with E-state index in [0.29, 0.717) is 24.6 Å². The smallest absolute Gasteiger partial charge is 0.258 e. The van der Waals surface area contributed by atoms with Crippen LogP contribution in [0, 0.1) is 0 Å². The van der Waals surface area contributed by atoms with Gasteiger partial charge in [-0.15, -0.1) is 0 Å². The number of methoxy groups -OCH3 is 1. The Bertz CT molecular complexity index is 806. The number of halogens is 1. The van der Waals surface area contributed by atoms with Crippen molar-refractivity contribution in [2.75, 3.05) is 20.3 Å². The van der Waals surface area contributed by atoms with Crippen LogP contribution in [0.1, 0.15) is 38.0 Å². The average Bonchev–Trinajstić information content (AvgIpc) is 2.67. The molecule has 158 valence electrons. The van der Waals surface area contributed by atoms with E-state index in [-0.39, 0.29) is 18.1 Å². The summed E-state index contributed by atoms with van der Waals surface area (Å²) >= 11 is 3.54. The molecule has 0 fully saturated rings. The molecule has 2 rings (SSSR count). The van der Waals surface area contributed by atoms with Gasteiger partial charge in [0, 0.05) is 23.1 Å². The third-order valence-electron chi connectivity index (χ3n) is 4.04. The van der Waals surface area contributed by atoms with Gasteiger partial charge in [0.25, 0.3) is 5.91 Å². The molecular formula is C22H29BrN2O4. The van der Waals surface area contributed by atoms with Gasteiger partial charge >= 0.3 is 0 Å². The molecule has 1 unspecified atom stereocenters. The molecule has 1 amide bonds. The SMILES string of the molecule is COc1cc(CNCC(O)c2ccccc2)c(Br)cc1OCC(=O)NC(C)(C)C. The van der Waals surface area contributed by atoms with E-state index in [1.807, 2.05) is 57.2 Å². The number of benzene rings is 2. The molecule has 0 saturated heterocycles. The van der Waals surface area contributed by atoms with E-state index in [2.05, 4.69) is 26.6 Å². The molecule has 0 aliphatic carbocycles. The van der Waals surface area contributed by atoms with Crippen molar-refractivity contribution in [2.24, 2.45) is 0 Å². The first-order valence-corrected chi connectivity index (χ1v) is 10.2. The number of hydrogen-bond donors (Lipinski definition) is 3. The zero-order valence-electron chi connectivity index (χ0n) is 17.3. The van der Waals surface area contributed by atoms with Gasteiger partial charge in [-0.25, -0.2) is 0 Å². The summed E-state index contributed by atoms with van der Waals surface area (Å²) in [6.45, 7) is 6.60. The zero-order valence-corrected chi connectivity index (χ0v) is 18.9. The van der Waals surface area contributed by atoms with E-state index < -0.39 is 6.10 Å². The van der Waals surface area contributed by atoms with E-state index >= 15 is 0 Å². The Balaban J connectivity index is 1.95. The maximum Gasteiger partial charge on any atom is 0.258 e. The number of carbonyl (C=O) groups is 1. The van der Waals surface area contributed by atoms with Crippen LogP contribution in [0.2, 0.25) is 0 Å². The van der Waals surface area contributed by atoms with Gasteiger partial charge in [-0.05, 0) is 44.0 Å². The molecule has 7 heteroatoms. The molecule has 0 aliphatic rings. The van der Waals surface area contributed by atoms with Gasteiger partial charge in [-0.3, -0.25) is 4.79 Å². The van der Waals surface area contributed by atoms with Gasteiger partial charge in [0.15, 0.2) is 18.1 Å². The fourth-order valence-corrected chi connectivity index (χ4v) is 3.18. The molecule has 29 heavy (non-hydrogen) atoms. The van der Waals surface area contributed by atoms with Gasteiger partial charge in [-0.2, -0.15) is 0 Å². The molecule has 0 heterocycles. The van der Waals surface area contributed by atoms with Crippen molar-refractivity contribution in [2.45, 2.75) is 39.0 Å². The lowest BCUT2D eigenvalue weighted by Gasteiger charge is -2.21. The van der Waals surface area contributed by atoms with Crippen LogP contribution in [-0.2, 0) is 11.3 Å². The molecule has 0 aliphatic heterocycles. The van der Waals surface area contributed by atoms with E-state index in [1.165, 1.54) is 0 Å². The number of ether oxygens (including phenoxy) is 2. The molecular weight excluding hydrogens is 436 g/mol. The van der Waals surface area contributed by atoms with Crippen LogP contribution in [0.5, 0.6) is 11.5 Å². The van der Waals surface area contributed by atoms with E-state index in [9.17, 15) is 9.90 Å². The Morgan fingerprint density at radius 1 is 1.17 bits per heavy atom. The Labute approximate surface area is 180 Å². The van der Waals surface area contributed by atoms with E-state index in [4.69, 9.17) is 9.47 Å². The summed E-state index contributed by atoms with van der Waals surface area (Å²) in [5, 5.41) is 16.4. The number of aliphatic hydroxyl groups is 1. The third kappa shape index (κ3) is 7.68. The lowest BCUT2D eigenvalue weighted by atomic mass is 10.1. The topological polar surface area (TPSA) is 79.8 Å². The summed E-state index contributed by atoms with van der Waals surface area (Å²) in [6, 6.07) is 13.2. The van der Waals surface area contributed by atoms with Gasteiger partial charge in [-0.1, -0.05) is 46.3 Å². The van der Waals surface area contributed by atoms with Crippen LogP contribution in [0.25, 0.3) is 0 Å². The van der Waals surface area contributed by atoms with Crippen molar-refractivity contribution in [3.63, 3.8) is 0 Å². The van der Waals surface area contributed by atoms with E-state index in [1.54, 1.807) is 13.2 Å². The van der Waals surface area contributed by atoms with Crippen LogP contribution in [0.4, 0.5) is 0 Å². The highest BCUT2D eigenvalue weighted by Gasteiger charge is 2.16. The highest BCUT2D eigenvalue weighted by Crippen LogP contribution is 2.33. The number of amides is 1. The summed E-state index contributed by atoms with van der Waals surface area (Å²) in [6.07, 6.45) is -0.583. The Morgan fingerprint density at radius 3 is 2.48 bits per heavy atom. The van der Waals surface area contributed by atoms with Crippen molar-refractivity contribution in [3.05, 3.63) is 58.1 Å². The summed E-state index contributed by atoms with van der Waals surface area (Å²) in [4.78, 5) is 12.0. The van der Waals surface area contributed by atoms with Crippen molar-refractivity contribution in [3.8, 4) is 11.5 Å². The van der Waals surface area contributed by atoms with Crippen LogP contribution in [0.3, 0.4) is 0 Å². The molecule has 2 aromatic rings. The van der Waals surface area contributed by atoms with Crippen LogP contribution in [0.15, 0.2) is 46.9 Å². The fourth-order valence-electron chi connectivity index (χ4n) is 2.72. The summed E-state index contributed by atoms with van der Waals surface area (Å²) in [5.41, 5.74) is 1.51. The molecule has 1 atom stereocenters. The first-order valence-electron chi connectivity index (χ1n) is 9.43. The van der Waals surface area contributed by atoms with E-state index in [0.717, 1.165) is 15.6 Å². The average molecular weight is 465 g/mol. The second kappa shape index (κ2) is 10.6. The Hall–Kier alpha value is -2.09. The van der Waals surface area contributed by atoms with Crippen LogP contribution in [-0.4, -0.2) is 36.8 Å². The van der Waals surface area contributed by atoms with Gasteiger partial charge in [0.1, 0.15) is 0 Å². The number of carbonyl (C=O) groups excluding carboxylic acids is 1. The third-order valence-corrected chi connectivity index (χ3v) is 4.78. The minimum absolute atomic E-state index is 0.0963. The van der Waals surface area contributed by atoms with Gasteiger partial charge < -0.3 is 25.2 Å². The number of nitrogens with one attached hydrogen (secondary N) is 2. The minimum Gasteiger partial charge on any atom is -0.493 e. The molecule has 2 aromatic carbocycles. The van der Waals surface area contributed by atoms with Gasteiger partial charge in [0.2, 0.25) is 0 Å². The highest BCUT2D eigenvalue weighted by molar-refractivity contribution is 9.10. The lowest BCUT2D eigenvalue weighted by Crippen LogP contribution is -2.43. The fraction of sp³-hybridized carbons (Fsp3) is 0.409. The standard InChI is InChI=1S/C22H29BrN2O4/c1-22(2,3)25-21(27)14-29-20-11-17(23)16(10-19(20)28-4)12-24-13-18(26)15-8-6-5-7-9-15/h5-11,18,24,26H,12-14H2,1-4H3,(H,25,27). The highest BCUT2D eigenvalue weighted by atomic mass is 79.9. The Kier molecular flexibility index (Phi) is 8.49. The Morgan fingerprint density at radius 2 is 1.86 bits per heavy atom. The zero-order chi connectivity index (χ0) is 21.4. The summed E-state index contributed by atoms with van der Waals surface area (Å²) in [5.74, 6) is 0.824. The summed E-state index contributed by atoms with van der Waals surface area (Å²) < 4.78 is 11.9. The minimum atomic E-state index is -0.583. The molecule has 0 radical (unpaired) electrons. The number of hydrogen-bond acceptors (Lipinski definition) is 5. The normalized spacial score (nSPS) is 12.3. The monoisotopic (exact) mass is 464 g/mol. The van der Waals surface area contributed by atoms with Crippen LogP contribution >= 0.6 is 15.9 Å². The predicted molar refractivity (Wildman–Crippen MR) is 117 cm³/mol. The van der Waals surface area contributed by atoms with Crippen molar-refractivity contribution < 1.29 is 19.4 Å². The quantitative estimate of drug-likeness (QED) is 0.528. The van der Waals surface area contributed by atoms with Gasteiger partial charge in [0.05, 0.1) is 13.2 Å². The summed E-state index contributed by atoms with van der Waals surface area (Å²) in [7, 11) is 1.56. The maximum absolute atomic E-state index is 12.0. The molecule has 0 saturated carbocycles. The first-order chi connectivity index (χ1) is 13.7. The molecule has 0 aromatic heterocycles. The molecule has 0 bridgehead atoms. The number of rotatable bonds is 9. The number of aliphatic hydroxyl groups excluding tert-OH is 1. The maximum atomic E-state index is 12.0.